The van der Waals surface area contributed by atoms with E-state index in [1.165, 1.54) is 35.6 Å². The van der Waals surface area contributed by atoms with Crippen LogP contribution in [0.25, 0.3) is 11.0 Å². The van der Waals surface area contributed by atoms with E-state index < -0.39 is 15.9 Å². The molecule has 0 unspecified atom stereocenters. The lowest BCUT2D eigenvalue weighted by molar-refractivity contribution is 0.0997. The molecule has 4 rings (SSSR count). The van der Waals surface area contributed by atoms with Crippen molar-refractivity contribution >= 4 is 38.3 Å². The van der Waals surface area contributed by atoms with Gasteiger partial charge in [0.1, 0.15) is 5.58 Å². The summed E-state index contributed by atoms with van der Waals surface area (Å²) in [5.41, 5.74) is 2.64. The Kier molecular flexibility index (Phi) is 5.78. The number of amides is 1. The van der Waals surface area contributed by atoms with Crippen molar-refractivity contribution in [1.29, 1.82) is 0 Å². The number of hydrogen-bond acceptors (Lipinski definition) is 5. The molecule has 0 saturated carbocycles. The third-order valence-corrected chi connectivity index (χ3v) is 7.07. The summed E-state index contributed by atoms with van der Waals surface area (Å²) in [7, 11) is -2.29. The number of nitrogens with one attached hydrogen (secondary N) is 1. The van der Waals surface area contributed by atoms with Crippen molar-refractivity contribution in [2.75, 3.05) is 16.7 Å². The molecule has 8 heteroatoms. The van der Waals surface area contributed by atoms with Gasteiger partial charge in [-0.15, -0.1) is 0 Å². The first-order valence-electron chi connectivity index (χ1n) is 10.2. The molecule has 33 heavy (non-hydrogen) atoms. The van der Waals surface area contributed by atoms with Crippen LogP contribution in [0.15, 0.2) is 86.9 Å². The number of carbonyl (C=O) groups excluding carboxylic acids is 1. The SMILES string of the molecule is Cc1cc(C)c2oc(C(=O)Nc3ccc(S(=O)(=O)N(C)c4ccccc4)cc3)cc(=O)c2c1. The van der Waals surface area contributed by atoms with E-state index in [4.69, 9.17) is 4.42 Å². The van der Waals surface area contributed by atoms with Crippen molar-refractivity contribution in [3.8, 4) is 0 Å². The highest BCUT2D eigenvalue weighted by molar-refractivity contribution is 7.92. The van der Waals surface area contributed by atoms with Crippen molar-refractivity contribution in [2.24, 2.45) is 0 Å². The molecule has 1 aromatic heterocycles. The average Bonchev–Trinajstić information content (AvgIpc) is 2.80. The zero-order chi connectivity index (χ0) is 23.8. The molecule has 3 aromatic carbocycles. The molecule has 0 aliphatic heterocycles. The van der Waals surface area contributed by atoms with Gasteiger partial charge in [-0.2, -0.15) is 0 Å². The minimum Gasteiger partial charge on any atom is -0.450 e. The Bertz CT molecular complexity index is 1510. The highest BCUT2D eigenvalue weighted by Gasteiger charge is 2.21. The lowest BCUT2D eigenvalue weighted by atomic mass is 10.1. The summed E-state index contributed by atoms with van der Waals surface area (Å²) in [6.07, 6.45) is 0. The summed E-state index contributed by atoms with van der Waals surface area (Å²) in [6, 6.07) is 19.3. The van der Waals surface area contributed by atoms with Crippen molar-refractivity contribution in [1.82, 2.24) is 0 Å². The number of nitrogens with zero attached hydrogens (tertiary/aromatic N) is 1. The molecule has 0 aliphatic rings. The standard InChI is InChI=1S/C25H22N2O5S/c1-16-13-17(2)24-21(14-16)22(28)15-23(32-24)25(29)26-18-9-11-20(12-10-18)33(30,31)27(3)19-7-5-4-6-8-19/h4-15H,1-3H3,(H,26,29). The van der Waals surface area contributed by atoms with E-state index in [0.29, 0.717) is 22.3 Å². The number of fused-ring (bicyclic) bond motifs is 1. The molecular formula is C25H22N2O5S. The third-order valence-electron chi connectivity index (χ3n) is 5.27. The largest absolute Gasteiger partial charge is 0.450 e. The molecule has 0 aliphatic carbocycles. The van der Waals surface area contributed by atoms with Crippen molar-refractivity contribution in [3.63, 3.8) is 0 Å². The lowest BCUT2D eigenvalue weighted by Gasteiger charge is -2.19. The minimum atomic E-state index is -3.77. The Morgan fingerprint density at radius 2 is 1.61 bits per heavy atom. The van der Waals surface area contributed by atoms with E-state index in [9.17, 15) is 18.0 Å². The summed E-state index contributed by atoms with van der Waals surface area (Å²) in [6.45, 7) is 3.69. The number of sulfonamides is 1. The zero-order valence-electron chi connectivity index (χ0n) is 18.3. The van der Waals surface area contributed by atoms with Gasteiger partial charge in [0.05, 0.1) is 16.0 Å². The van der Waals surface area contributed by atoms with Gasteiger partial charge in [-0.05, 0) is 67.4 Å². The van der Waals surface area contributed by atoms with Crippen LogP contribution in [-0.4, -0.2) is 21.4 Å². The van der Waals surface area contributed by atoms with Crippen molar-refractivity contribution < 1.29 is 17.6 Å². The monoisotopic (exact) mass is 462 g/mol. The number of benzene rings is 3. The van der Waals surface area contributed by atoms with Gasteiger partial charge in [0.25, 0.3) is 15.9 Å². The molecule has 168 valence electrons. The highest BCUT2D eigenvalue weighted by atomic mass is 32.2. The fraction of sp³-hybridized carbons (Fsp3) is 0.120. The second-order valence-corrected chi connectivity index (χ2v) is 9.69. The summed E-state index contributed by atoms with van der Waals surface area (Å²) in [5, 5.41) is 3.06. The molecule has 7 nitrogen and oxygen atoms in total. The third kappa shape index (κ3) is 4.38. The fourth-order valence-corrected chi connectivity index (χ4v) is 4.75. The average molecular weight is 463 g/mol. The van der Waals surface area contributed by atoms with Crippen LogP contribution in [-0.2, 0) is 10.0 Å². The maximum Gasteiger partial charge on any atom is 0.291 e. The Balaban J connectivity index is 1.57. The molecule has 0 radical (unpaired) electrons. The van der Waals surface area contributed by atoms with Gasteiger partial charge in [0.2, 0.25) is 0 Å². The first-order chi connectivity index (χ1) is 15.7. The predicted octanol–water partition coefficient (Wildman–Crippen LogP) is 4.49. The van der Waals surface area contributed by atoms with Crippen molar-refractivity contribution in [3.05, 3.63) is 99.9 Å². The summed E-state index contributed by atoms with van der Waals surface area (Å²) < 4.78 is 32.7. The molecule has 1 heterocycles. The van der Waals surface area contributed by atoms with E-state index in [1.54, 1.807) is 36.4 Å². The van der Waals surface area contributed by atoms with Gasteiger partial charge in [0.15, 0.2) is 11.2 Å². The van der Waals surface area contributed by atoms with Crippen LogP contribution in [0.5, 0.6) is 0 Å². The van der Waals surface area contributed by atoms with Gasteiger partial charge < -0.3 is 9.73 Å². The van der Waals surface area contributed by atoms with Crippen LogP contribution in [0.2, 0.25) is 0 Å². The Morgan fingerprint density at radius 3 is 2.27 bits per heavy atom. The minimum absolute atomic E-state index is 0.0788. The fourth-order valence-electron chi connectivity index (χ4n) is 3.56. The molecule has 4 aromatic rings. The normalized spacial score (nSPS) is 11.4. The maximum atomic E-state index is 12.9. The summed E-state index contributed by atoms with van der Waals surface area (Å²) in [4.78, 5) is 25.3. The van der Waals surface area contributed by atoms with Crippen LogP contribution in [0, 0.1) is 13.8 Å². The molecular weight excluding hydrogens is 440 g/mol. The summed E-state index contributed by atoms with van der Waals surface area (Å²) >= 11 is 0. The van der Waals surface area contributed by atoms with Gasteiger partial charge in [-0.25, -0.2) is 8.42 Å². The van der Waals surface area contributed by atoms with Gasteiger partial charge in [0, 0.05) is 18.8 Å². The lowest BCUT2D eigenvalue weighted by Crippen LogP contribution is -2.26. The van der Waals surface area contributed by atoms with Crippen molar-refractivity contribution in [2.45, 2.75) is 18.7 Å². The maximum absolute atomic E-state index is 12.9. The van der Waals surface area contributed by atoms with E-state index in [-0.39, 0.29) is 16.1 Å². The molecule has 1 amide bonds. The van der Waals surface area contributed by atoms with Crippen LogP contribution in [0.3, 0.4) is 0 Å². The molecule has 0 atom stereocenters. The first kappa shape index (κ1) is 22.3. The topological polar surface area (TPSA) is 96.7 Å². The first-order valence-corrected chi connectivity index (χ1v) is 11.6. The number of hydrogen-bond donors (Lipinski definition) is 1. The highest BCUT2D eigenvalue weighted by Crippen LogP contribution is 2.24. The van der Waals surface area contributed by atoms with E-state index in [1.807, 2.05) is 19.9 Å². The quantitative estimate of drug-likeness (QED) is 0.471. The Labute approximate surface area is 191 Å². The molecule has 1 N–H and O–H groups in total. The predicted molar refractivity (Wildman–Crippen MR) is 128 cm³/mol. The number of carbonyl (C=O) groups is 1. The smallest absolute Gasteiger partial charge is 0.291 e. The second kappa shape index (κ2) is 8.55. The number of para-hydroxylation sites is 1. The molecule has 0 bridgehead atoms. The Morgan fingerprint density at radius 1 is 0.939 bits per heavy atom. The molecule has 0 spiro atoms. The van der Waals surface area contributed by atoms with Crippen LogP contribution < -0.4 is 15.1 Å². The zero-order valence-corrected chi connectivity index (χ0v) is 19.1. The number of rotatable bonds is 5. The van der Waals surface area contributed by atoms with Gasteiger partial charge >= 0.3 is 0 Å². The van der Waals surface area contributed by atoms with Crippen LogP contribution in [0.4, 0.5) is 11.4 Å². The number of aryl methyl sites for hydroxylation is 2. The van der Waals surface area contributed by atoms with E-state index in [2.05, 4.69) is 5.32 Å². The van der Waals surface area contributed by atoms with Gasteiger partial charge in [-0.1, -0.05) is 24.3 Å². The summed E-state index contributed by atoms with van der Waals surface area (Å²) in [5.74, 6) is -0.731. The van der Waals surface area contributed by atoms with Crippen LogP contribution in [0.1, 0.15) is 21.7 Å². The second-order valence-electron chi connectivity index (χ2n) is 7.72. The van der Waals surface area contributed by atoms with Gasteiger partial charge in [-0.3, -0.25) is 13.9 Å². The Hall–Kier alpha value is -3.91. The van der Waals surface area contributed by atoms with Crippen LogP contribution >= 0.6 is 0 Å². The molecule has 0 fully saturated rings. The van der Waals surface area contributed by atoms with E-state index in [0.717, 1.165) is 17.2 Å². The number of anilines is 2. The van der Waals surface area contributed by atoms with E-state index >= 15 is 0 Å². The molecule has 0 saturated heterocycles.